The van der Waals surface area contributed by atoms with E-state index in [1.165, 1.54) is 13.3 Å². The Bertz CT molecular complexity index is 392. The van der Waals surface area contributed by atoms with Gasteiger partial charge in [-0.15, -0.1) is 0 Å². The summed E-state index contributed by atoms with van der Waals surface area (Å²) in [4.78, 5) is 15.9. The van der Waals surface area contributed by atoms with Crippen molar-refractivity contribution in [1.82, 2.24) is 4.98 Å². The lowest BCUT2D eigenvalue weighted by Crippen LogP contribution is -2.13. The van der Waals surface area contributed by atoms with Gasteiger partial charge in [-0.1, -0.05) is 6.92 Å². The molecule has 0 radical (unpaired) electrons. The Morgan fingerprint density at radius 2 is 2.38 bits per heavy atom. The maximum atomic E-state index is 11.9. The van der Waals surface area contributed by atoms with Crippen molar-refractivity contribution in [3.05, 3.63) is 23.9 Å². The Hall–Kier alpha value is -1.89. The summed E-state index contributed by atoms with van der Waals surface area (Å²) in [5, 5.41) is 8.61. The molecule has 1 heterocycles. The van der Waals surface area contributed by atoms with E-state index in [-0.39, 0.29) is 18.1 Å². The normalized spacial score (nSPS) is 11.6. The molecule has 0 saturated carbocycles. The zero-order valence-corrected chi connectivity index (χ0v) is 9.43. The number of ketones is 1. The van der Waals surface area contributed by atoms with Gasteiger partial charge in [-0.05, 0) is 12.5 Å². The molecule has 4 heteroatoms. The van der Waals surface area contributed by atoms with Crippen molar-refractivity contribution in [2.75, 3.05) is 7.11 Å². The van der Waals surface area contributed by atoms with Crippen LogP contribution in [0.25, 0.3) is 0 Å². The Balaban J connectivity index is 2.83. The highest BCUT2D eigenvalue weighted by Crippen LogP contribution is 2.16. The number of carbonyl (C=O) groups is 1. The van der Waals surface area contributed by atoms with Gasteiger partial charge in [-0.3, -0.25) is 4.79 Å². The first-order chi connectivity index (χ1) is 7.72. The predicted octanol–water partition coefficient (Wildman–Crippen LogP) is 2.21. The first-order valence-electron chi connectivity index (χ1n) is 5.14. The zero-order valence-electron chi connectivity index (χ0n) is 9.43. The third-order valence-electron chi connectivity index (χ3n) is 2.43. The van der Waals surface area contributed by atoms with E-state index in [0.29, 0.717) is 17.9 Å². The van der Waals surface area contributed by atoms with Crippen LogP contribution in [-0.2, 0) is 0 Å². The molecule has 16 heavy (non-hydrogen) atoms. The van der Waals surface area contributed by atoms with Gasteiger partial charge in [-0.2, -0.15) is 5.26 Å². The lowest BCUT2D eigenvalue weighted by Gasteiger charge is -2.09. The van der Waals surface area contributed by atoms with Crippen molar-refractivity contribution >= 4 is 5.78 Å². The Kier molecular flexibility index (Phi) is 4.46. The van der Waals surface area contributed by atoms with Crippen LogP contribution in [0.15, 0.2) is 18.3 Å². The third-order valence-corrected chi connectivity index (χ3v) is 2.43. The Labute approximate surface area is 94.9 Å². The molecule has 0 fully saturated rings. The van der Waals surface area contributed by atoms with Gasteiger partial charge in [0.1, 0.15) is 0 Å². The van der Waals surface area contributed by atoms with E-state index in [4.69, 9.17) is 10.00 Å². The van der Waals surface area contributed by atoms with Crippen LogP contribution < -0.4 is 4.74 Å². The van der Waals surface area contributed by atoms with Gasteiger partial charge in [0.25, 0.3) is 0 Å². The molecule has 4 nitrogen and oxygen atoms in total. The predicted molar refractivity (Wildman–Crippen MR) is 59.1 cm³/mol. The van der Waals surface area contributed by atoms with Crippen LogP contribution >= 0.6 is 0 Å². The standard InChI is InChI=1S/C12H14N2O2/c1-3-9(6-7-13)12(15)10-4-5-11(16-2)14-8-10/h4-5,8-9H,3,6H2,1-2H3. The summed E-state index contributed by atoms with van der Waals surface area (Å²) in [5.74, 6) is 0.212. The van der Waals surface area contributed by atoms with Crippen LogP contribution in [0.4, 0.5) is 0 Å². The number of hydrogen-bond donors (Lipinski definition) is 0. The first kappa shape index (κ1) is 12.2. The minimum atomic E-state index is -0.236. The van der Waals surface area contributed by atoms with Gasteiger partial charge >= 0.3 is 0 Å². The minimum absolute atomic E-state index is 0.0285. The second kappa shape index (κ2) is 5.86. The van der Waals surface area contributed by atoms with Crippen LogP contribution in [0.5, 0.6) is 5.88 Å². The molecule has 0 aliphatic rings. The molecular weight excluding hydrogens is 204 g/mol. The average molecular weight is 218 g/mol. The van der Waals surface area contributed by atoms with Crippen molar-refractivity contribution < 1.29 is 9.53 Å². The number of pyridine rings is 1. The van der Waals surface area contributed by atoms with E-state index in [0.717, 1.165) is 0 Å². The van der Waals surface area contributed by atoms with Crippen LogP contribution in [0.1, 0.15) is 30.1 Å². The van der Waals surface area contributed by atoms with E-state index in [1.54, 1.807) is 12.1 Å². The van der Waals surface area contributed by atoms with Crippen molar-refractivity contribution in [2.45, 2.75) is 19.8 Å². The molecule has 0 N–H and O–H groups in total. The summed E-state index contributed by atoms with van der Waals surface area (Å²) in [6.07, 6.45) is 2.40. The molecule has 0 aliphatic carbocycles. The molecule has 1 atom stereocenters. The van der Waals surface area contributed by atoms with Gasteiger partial charge in [-0.25, -0.2) is 4.98 Å². The molecule has 84 valence electrons. The van der Waals surface area contributed by atoms with Crippen LogP contribution in [-0.4, -0.2) is 17.9 Å². The summed E-state index contributed by atoms with van der Waals surface area (Å²) < 4.78 is 4.91. The third kappa shape index (κ3) is 2.80. The maximum Gasteiger partial charge on any atom is 0.212 e. The van der Waals surface area contributed by atoms with E-state index in [2.05, 4.69) is 4.98 Å². The molecule has 0 spiro atoms. The molecule has 1 aromatic rings. The number of aromatic nitrogens is 1. The van der Waals surface area contributed by atoms with Crippen molar-refractivity contribution in [2.24, 2.45) is 5.92 Å². The molecule has 1 unspecified atom stereocenters. The Morgan fingerprint density at radius 1 is 1.62 bits per heavy atom. The fourth-order valence-corrected chi connectivity index (χ4v) is 1.42. The lowest BCUT2D eigenvalue weighted by atomic mass is 9.94. The maximum absolute atomic E-state index is 11.9. The molecule has 0 aliphatic heterocycles. The van der Waals surface area contributed by atoms with Gasteiger partial charge in [0.2, 0.25) is 5.88 Å². The second-order valence-electron chi connectivity index (χ2n) is 3.42. The van der Waals surface area contributed by atoms with Crippen LogP contribution in [0.3, 0.4) is 0 Å². The lowest BCUT2D eigenvalue weighted by molar-refractivity contribution is 0.0918. The average Bonchev–Trinajstić information content (AvgIpc) is 2.35. The molecule has 0 saturated heterocycles. The molecule has 1 rings (SSSR count). The summed E-state index contributed by atoms with van der Waals surface area (Å²) in [5.41, 5.74) is 0.530. The molecule has 1 aromatic heterocycles. The summed E-state index contributed by atoms with van der Waals surface area (Å²) in [6, 6.07) is 5.35. The number of Topliss-reactive ketones (excluding diaryl/α,β-unsaturated/α-hetero) is 1. The smallest absolute Gasteiger partial charge is 0.212 e. The molecule has 0 bridgehead atoms. The SMILES string of the molecule is CCC(CC#N)C(=O)c1ccc(OC)nc1. The fourth-order valence-electron chi connectivity index (χ4n) is 1.42. The van der Waals surface area contributed by atoms with Crippen LogP contribution in [0.2, 0.25) is 0 Å². The Morgan fingerprint density at radius 3 is 2.81 bits per heavy atom. The largest absolute Gasteiger partial charge is 0.481 e. The van der Waals surface area contributed by atoms with E-state index >= 15 is 0 Å². The van der Waals surface area contributed by atoms with Gasteiger partial charge in [0, 0.05) is 30.2 Å². The summed E-state index contributed by atoms with van der Waals surface area (Å²) in [6.45, 7) is 1.90. The number of ether oxygens (including phenoxy) is 1. The molecular formula is C12H14N2O2. The first-order valence-corrected chi connectivity index (χ1v) is 5.14. The molecule has 0 amide bonds. The number of methoxy groups -OCH3 is 1. The van der Waals surface area contributed by atoms with Crippen molar-refractivity contribution in [1.29, 1.82) is 5.26 Å². The summed E-state index contributed by atoms with van der Waals surface area (Å²) in [7, 11) is 1.52. The van der Waals surface area contributed by atoms with Crippen molar-refractivity contribution in [3.63, 3.8) is 0 Å². The quantitative estimate of drug-likeness (QED) is 0.711. The van der Waals surface area contributed by atoms with E-state index in [1.807, 2.05) is 13.0 Å². The second-order valence-corrected chi connectivity index (χ2v) is 3.42. The topological polar surface area (TPSA) is 63.0 Å². The highest BCUT2D eigenvalue weighted by molar-refractivity contribution is 5.97. The van der Waals surface area contributed by atoms with E-state index in [9.17, 15) is 4.79 Å². The monoisotopic (exact) mass is 218 g/mol. The highest BCUT2D eigenvalue weighted by Gasteiger charge is 2.18. The highest BCUT2D eigenvalue weighted by atomic mass is 16.5. The number of carbonyl (C=O) groups excluding carboxylic acids is 1. The van der Waals surface area contributed by atoms with Gasteiger partial charge < -0.3 is 4.74 Å². The summed E-state index contributed by atoms with van der Waals surface area (Å²) >= 11 is 0. The van der Waals surface area contributed by atoms with Gasteiger partial charge in [0.15, 0.2) is 5.78 Å². The number of hydrogen-bond acceptors (Lipinski definition) is 4. The molecule has 0 aromatic carbocycles. The van der Waals surface area contributed by atoms with Crippen molar-refractivity contribution in [3.8, 4) is 11.9 Å². The minimum Gasteiger partial charge on any atom is -0.481 e. The number of nitriles is 1. The van der Waals surface area contributed by atoms with Gasteiger partial charge in [0.05, 0.1) is 13.2 Å². The number of nitrogens with zero attached hydrogens (tertiary/aromatic N) is 2. The fraction of sp³-hybridized carbons (Fsp3) is 0.417. The zero-order chi connectivity index (χ0) is 12.0. The number of rotatable bonds is 5. The van der Waals surface area contributed by atoms with E-state index < -0.39 is 0 Å². The van der Waals surface area contributed by atoms with Crippen LogP contribution in [0, 0.1) is 17.2 Å².